The fourth-order valence-corrected chi connectivity index (χ4v) is 2.82. The first-order valence-corrected chi connectivity index (χ1v) is 7.23. The van der Waals surface area contributed by atoms with Crippen LogP contribution < -0.4 is 9.75 Å². The third kappa shape index (κ3) is 2.75. The molecule has 2 aromatic rings. The lowest BCUT2D eigenvalue weighted by molar-refractivity contribution is -0.139. The van der Waals surface area contributed by atoms with Gasteiger partial charge >= 0.3 is 5.97 Å². The number of nitrogens with zero attached hydrogens (tertiary/aromatic N) is 3. The molecule has 2 atom stereocenters. The van der Waals surface area contributed by atoms with E-state index in [2.05, 4.69) is 10.1 Å². The largest absolute Gasteiger partial charge is 0.497 e. The molecule has 23 heavy (non-hydrogen) atoms. The maximum Gasteiger partial charge on any atom is 0.314 e. The molecule has 0 spiro atoms. The molecule has 1 aromatic carbocycles. The minimum atomic E-state index is -0.892. The fraction of sp³-hybridized carbons (Fsp3) is 0.235. The van der Waals surface area contributed by atoms with E-state index in [4.69, 9.17) is 4.74 Å². The van der Waals surface area contributed by atoms with Gasteiger partial charge in [0.15, 0.2) is 0 Å². The number of pyridine rings is 1. The number of anilines is 1. The van der Waals surface area contributed by atoms with Crippen molar-refractivity contribution in [2.45, 2.75) is 13.0 Å². The van der Waals surface area contributed by atoms with Crippen molar-refractivity contribution in [1.29, 1.82) is 0 Å². The molecular weight excluding hydrogens is 294 g/mol. The van der Waals surface area contributed by atoms with Crippen LogP contribution in [0.15, 0.2) is 53.9 Å². The van der Waals surface area contributed by atoms with E-state index < -0.39 is 17.9 Å². The molecule has 0 saturated carbocycles. The normalized spacial score (nSPS) is 20.3. The number of carboxylic acids is 1. The molecule has 2 heterocycles. The number of hydrogen-bond acceptors (Lipinski definition) is 5. The molecule has 6 nitrogen and oxygen atoms in total. The molecule has 0 aliphatic carbocycles. The van der Waals surface area contributed by atoms with Crippen molar-refractivity contribution in [3.05, 3.63) is 54.4 Å². The predicted octanol–water partition coefficient (Wildman–Crippen LogP) is 2.73. The lowest BCUT2D eigenvalue weighted by atomic mass is 9.91. The Balaban J connectivity index is 2.04. The average Bonchev–Trinajstić information content (AvgIpc) is 2.93. The fourth-order valence-electron chi connectivity index (χ4n) is 2.82. The van der Waals surface area contributed by atoms with Crippen LogP contribution in [0.25, 0.3) is 0 Å². The van der Waals surface area contributed by atoms with Gasteiger partial charge in [-0.1, -0.05) is 6.07 Å². The van der Waals surface area contributed by atoms with Gasteiger partial charge in [0.25, 0.3) is 0 Å². The van der Waals surface area contributed by atoms with Crippen molar-refractivity contribution in [3.63, 3.8) is 0 Å². The zero-order valence-corrected chi connectivity index (χ0v) is 12.9. The van der Waals surface area contributed by atoms with E-state index in [1.54, 1.807) is 37.5 Å². The van der Waals surface area contributed by atoms with Gasteiger partial charge in [-0.25, -0.2) is 0 Å². The Kier molecular flexibility index (Phi) is 3.97. The van der Waals surface area contributed by atoms with E-state index in [0.717, 1.165) is 17.0 Å². The Labute approximate surface area is 134 Å². The topological polar surface area (TPSA) is 75.0 Å². The third-order valence-corrected chi connectivity index (χ3v) is 3.92. The van der Waals surface area contributed by atoms with Crippen LogP contribution in [0.4, 0.5) is 5.69 Å². The molecule has 6 heteroatoms. The van der Waals surface area contributed by atoms with Crippen LogP contribution in [0.3, 0.4) is 0 Å². The number of aromatic nitrogens is 1. The van der Waals surface area contributed by atoms with Gasteiger partial charge in [0.05, 0.1) is 24.6 Å². The highest BCUT2D eigenvalue weighted by Gasteiger charge is 2.42. The monoisotopic (exact) mass is 311 g/mol. The van der Waals surface area contributed by atoms with E-state index in [-0.39, 0.29) is 0 Å². The summed E-state index contributed by atoms with van der Waals surface area (Å²) in [7, 11) is 1.60. The minimum absolute atomic E-state index is 0.422. The standard InChI is InChI=1S/C17H17N3O3/c1-11-15(17(21)22)16(12-4-3-9-18-10-12)20(19-11)13-5-7-14(23-2)8-6-13/h3-10,15-16H,1-2H3,(H,21,22). The van der Waals surface area contributed by atoms with Crippen molar-refractivity contribution in [2.24, 2.45) is 11.0 Å². The van der Waals surface area contributed by atoms with Crippen molar-refractivity contribution in [1.82, 2.24) is 4.98 Å². The number of aliphatic carboxylic acids is 1. The number of methoxy groups -OCH3 is 1. The van der Waals surface area contributed by atoms with Crippen LogP contribution in [-0.4, -0.2) is 28.9 Å². The lowest BCUT2D eigenvalue weighted by Crippen LogP contribution is -2.30. The van der Waals surface area contributed by atoms with Gasteiger partial charge < -0.3 is 9.84 Å². The van der Waals surface area contributed by atoms with Gasteiger partial charge in [-0.15, -0.1) is 0 Å². The van der Waals surface area contributed by atoms with Gasteiger partial charge in [0.1, 0.15) is 11.7 Å². The maximum absolute atomic E-state index is 11.7. The summed E-state index contributed by atoms with van der Waals surface area (Å²) < 4.78 is 5.17. The van der Waals surface area contributed by atoms with Gasteiger partial charge in [0, 0.05) is 12.4 Å². The quantitative estimate of drug-likeness (QED) is 0.939. The van der Waals surface area contributed by atoms with E-state index in [1.165, 1.54) is 0 Å². The third-order valence-electron chi connectivity index (χ3n) is 3.92. The number of ether oxygens (including phenoxy) is 1. The number of rotatable bonds is 4. The number of carboxylic acid groups (broad SMARTS) is 1. The van der Waals surface area contributed by atoms with Crippen molar-refractivity contribution in [3.8, 4) is 5.75 Å². The van der Waals surface area contributed by atoms with E-state index in [9.17, 15) is 9.90 Å². The molecule has 118 valence electrons. The summed E-state index contributed by atoms with van der Waals surface area (Å²) in [6, 6.07) is 10.6. The van der Waals surface area contributed by atoms with Crippen LogP contribution >= 0.6 is 0 Å². The zero-order chi connectivity index (χ0) is 16.4. The van der Waals surface area contributed by atoms with E-state index in [1.807, 2.05) is 30.3 Å². The number of carbonyl (C=O) groups is 1. The first kappa shape index (κ1) is 15.0. The SMILES string of the molecule is COc1ccc(N2N=C(C)C(C(=O)O)C2c2cccnc2)cc1. The molecule has 2 unspecified atom stereocenters. The van der Waals surface area contributed by atoms with Gasteiger partial charge in [-0.2, -0.15) is 5.10 Å². The average molecular weight is 311 g/mol. The summed E-state index contributed by atoms with van der Waals surface area (Å²) >= 11 is 0. The Morgan fingerprint density at radius 3 is 2.57 bits per heavy atom. The van der Waals surface area contributed by atoms with Crippen LogP contribution in [-0.2, 0) is 4.79 Å². The number of hydrogen-bond donors (Lipinski definition) is 1. The first-order chi connectivity index (χ1) is 11.1. The van der Waals surface area contributed by atoms with Crippen molar-refractivity contribution < 1.29 is 14.6 Å². The smallest absolute Gasteiger partial charge is 0.314 e. The van der Waals surface area contributed by atoms with E-state index >= 15 is 0 Å². The molecule has 1 N–H and O–H groups in total. The maximum atomic E-state index is 11.7. The van der Waals surface area contributed by atoms with Crippen molar-refractivity contribution >= 4 is 17.4 Å². The van der Waals surface area contributed by atoms with Crippen LogP contribution in [0, 0.1) is 5.92 Å². The first-order valence-electron chi connectivity index (χ1n) is 7.23. The summed E-state index contributed by atoms with van der Waals surface area (Å²) in [5.41, 5.74) is 2.20. The second kappa shape index (κ2) is 6.08. The molecule has 1 aromatic heterocycles. The summed E-state index contributed by atoms with van der Waals surface area (Å²) in [6.45, 7) is 1.74. The van der Waals surface area contributed by atoms with E-state index in [0.29, 0.717) is 5.71 Å². The van der Waals surface area contributed by atoms with Gasteiger partial charge in [-0.3, -0.25) is 14.8 Å². The molecular formula is C17H17N3O3. The molecule has 0 radical (unpaired) electrons. The van der Waals surface area contributed by atoms with Crippen LogP contribution in [0.2, 0.25) is 0 Å². The molecule has 1 aliphatic heterocycles. The van der Waals surface area contributed by atoms with Crippen LogP contribution in [0.5, 0.6) is 5.75 Å². The zero-order valence-electron chi connectivity index (χ0n) is 12.9. The molecule has 3 rings (SSSR count). The summed E-state index contributed by atoms with van der Waals surface area (Å²) in [4.78, 5) is 15.8. The predicted molar refractivity (Wildman–Crippen MR) is 86.7 cm³/mol. The second-order valence-electron chi connectivity index (χ2n) is 5.33. The summed E-state index contributed by atoms with van der Waals surface area (Å²) in [5, 5.41) is 15.8. The Morgan fingerprint density at radius 1 is 1.26 bits per heavy atom. The molecule has 0 saturated heterocycles. The Hall–Kier alpha value is -2.89. The van der Waals surface area contributed by atoms with Crippen molar-refractivity contribution in [2.75, 3.05) is 12.1 Å². The summed E-state index contributed by atoms with van der Waals surface area (Å²) in [5.74, 6) is -0.862. The highest BCUT2D eigenvalue weighted by molar-refractivity contribution is 6.03. The second-order valence-corrected chi connectivity index (χ2v) is 5.33. The Morgan fingerprint density at radius 2 is 2.00 bits per heavy atom. The lowest BCUT2D eigenvalue weighted by Gasteiger charge is -2.26. The number of benzene rings is 1. The van der Waals surface area contributed by atoms with Gasteiger partial charge in [-0.05, 0) is 42.8 Å². The number of hydrazone groups is 1. The van der Waals surface area contributed by atoms with Gasteiger partial charge in [0.2, 0.25) is 0 Å². The summed E-state index contributed by atoms with van der Waals surface area (Å²) in [6.07, 6.45) is 3.35. The van der Waals surface area contributed by atoms with Crippen LogP contribution in [0.1, 0.15) is 18.5 Å². The molecule has 0 amide bonds. The highest BCUT2D eigenvalue weighted by atomic mass is 16.5. The Bertz CT molecular complexity index is 729. The highest BCUT2D eigenvalue weighted by Crippen LogP contribution is 2.39. The minimum Gasteiger partial charge on any atom is -0.497 e. The molecule has 0 bridgehead atoms. The molecule has 0 fully saturated rings. The molecule has 1 aliphatic rings.